The second-order valence-corrected chi connectivity index (χ2v) is 11.1. The molecule has 10 nitrogen and oxygen atoms in total. The molecule has 0 saturated carbocycles. The number of non-ortho nitro benzene ring substituents is 1. The van der Waals surface area contributed by atoms with Crippen molar-refractivity contribution in [3.05, 3.63) is 104 Å². The number of imide groups is 1. The maximum absolute atomic E-state index is 14.5. The third-order valence-corrected chi connectivity index (χ3v) is 8.65. The van der Waals surface area contributed by atoms with Crippen molar-refractivity contribution in [2.45, 2.75) is 32.4 Å². The van der Waals surface area contributed by atoms with Crippen molar-refractivity contribution in [3.8, 4) is 5.69 Å². The summed E-state index contributed by atoms with van der Waals surface area (Å²) in [6.45, 7) is 5.64. The minimum atomic E-state index is -1.23. The number of nitro groups is 1. The number of amides is 2. The molecule has 3 aromatic carbocycles. The summed E-state index contributed by atoms with van der Waals surface area (Å²) in [4.78, 5) is 59.5. The minimum absolute atomic E-state index is 0.0325. The van der Waals surface area contributed by atoms with E-state index in [9.17, 15) is 24.5 Å². The van der Waals surface area contributed by atoms with E-state index in [1.54, 1.807) is 29.7 Å². The molecule has 7 rings (SSSR count). The van der Waals surface area contributed by atoms with Gasteiger partial charge in [-0.1, -0.05) is 44.2 Å². The molecule has 1 aromatic heterocycles. The molecule has 0 bridgehead atoms. The van der Waals surface area contributed by atoms with Crippen LogP contribution in [-0.4, -0.2) is 32.3 Å². The summed E-state index contributed by atoms with van der Waals surface area (Å²) < 4.78 is 1.57. The van der Waals surface area contributed by atoms with Crippen LogP contribution < -0.4 is 15.8 Å². The van der Waals surface area contributed by atoms with Crippen LogP contribution >= 0.6 is 0 Å². The van der Waals surface area contributed by atoms with Gasteiger partial charge in [-0.15, -0.1) is 0 Å². The quantitative estimate of drug-likeness (QED) is 0.241. The highest BCUT2D eigenvalue weighted by molar-refractivity contribution is 6.23. The van der Waals surface area contributed by atoms with Gasteiger partial charge in [-0.05, 0) is 42.7 Å². The van der Waals surface area contributed by atoms with Gasteiger partial charge in [-0.2, -0.15) is 0 Å². The largest absolute Gasteiger partial charge is 0.296 e. The van der Waals surface area contributed by atoms with E-state index in [0.29, 0.717) is 33.7 Å². The number of benzene rings is 3. The summed E-state index contributed by atoms with van der Waals surface area (Å²) in [5.74, 6) is -2.05. The number of aryl methyl sites for hydroxylation is 1. The normalized spacial score (nSPS) is 24.7. The van der Waals surface area contributed by atoms with E-state index in [2.05, 4.69) is 5.32 Å². The van der Waals surface area contributed by atoms with Crippen LogP contribution in [-0.2, 0) is 15.1 Å². The first kappa shape index (κ1) is 24.3. The predicted octanol–water partition coefficient (Wildman–Crippen LogP) is 3.59. The van der Waals surface area contributed by atoms with Crippen molar-refractivity contribution < 1.29 is 14.5 Å². The first-order chi connectivity index (χ1) is 19.2. The number of rotatable bonds is 3. The van der Waals surface area contributed by atoms with E-state index in [4.69, 9.17) is 4.98 Å². The van der Waals surface area contributed by atoms with E-state index in [1.807, 2.05) is 44.2 Å². The van der Waals surface area contributed by atoms with Gasteiger partial charge in [0.05, 0.1) is 39.0 Å². The summed E-state index contributed by atoms with van der Waals surface area (Å²) in [6.07, 6.45) is 0. The number of aromatic nitrogens is 2. The van der Waals surface area contributed by atoms with Gasteiger partial charge in [0, 0.05) is 23.7 Å². The molecular formula is C30H25N5O5. The van der Waals surface area contributed by atoms with Crippen LogP contribution in [0.2, 0.25) is 0 Å². The highest BCUT2D eigenvalue weighted by atomic mass is 16.6. The number of nitrogens with zero attached hydrogens (tertiary/aromatic N) is 4. The summed E-state index contributed by atoms with van der Waals surface area (Å²) >= 11 is 0. The lowest BCUT2D eigenvalue weighted by molar-refractivity contribution is -0.384. The Kier molecular flexibility index (Phi) is 4.96. The number of nitrogens with one attached hydrogen (secondary N) is 1. The Labute approximate surface area is 228 Å². The van der Waals surface area contributed by atoms with E-state index in [0.717, 1.165) is 5.56 Å². The topological polar surface area (TPSA) is 127 Å². The molecule has 40 heavy (non-hydrogen) atoms. The lowest BCUT2D eigenvalue weighted by atomic mass is 9.75. The molecule has 1 spiro atoms. The number of fused-ring (bicyclic) bond motifs is 8. The van der Waals surface area contributed by atoms with E-state index < -0.39 is 34.2 Å². The van der Waals surface area contributed by atoms with Crippen molar-refractivity contribution >= 4 is 34.1 Å². The van der Waals surface area contributed by atoms with Crippen LogP contribution in [0.25, 0.3) is 16.6 Å². The van der Waals surface area contributed by atoms with Crippen LogP contribution in [0.3, 0.4) is 0 Å². The Hall–Kier alpha value is -4.70. The number of hydrogen-bond donors (Lipinski definition) is 1. The first-order valence-corrected chi connectivity index (χ1v) is 13.2. The standard InChI is InChI=1S/C30H25N5O5/c1-15(2)25-23-24(28(38)33(27(23)37)21-13-12-17(35(39)40)14-16(21)3)30(32-25)19-9-5-7-11-22(19)34-26(36)18-8-4-6-10-20(18)31-29(30)34/h4-15,23-25,32H,1-3H3/t23-,24-,25+,30-/m1/s1. The fourth-order valence-electron chi connectivity index (χ4n) is 6.97. The summed E-state index contributed by atoms with van der Waals surface area (Å²) in [5.41, 5.74) is 1.05. The van der Waals surface area contributed by atoms with Crippen LogP contribution in [0.4, 0.5) is 11.4 Å². The molecule has 3 aliphatic rings. The van der Waals surface area contributed by atoms with Crippen molar-refractivity contribution in [2.24, 2.45) is 17.8 Å². The number of anilines is 1. The van der Waals surface area contributed by atoms with E-state index in [1.165, 1.54) is 23.1 Å². The van der Waals surface area contributed by atoms with Crippen LogP contribution in [0.5, 0.6) is 0 Å². The van der Waals surface area contributed by atoms with Crippen molar-refractivity contribution in [2.75, 3.05) is 4.90 Å². The molecule has 0 radical (unpaired) electrons. The molecule has 10 heteroatoms. The second-order valence-electron chi connectivity index (χ2n) is 11.1. The summed E-state index contributed by atoms with van der Waals surface area (Å²) in [7, 11) is 0. The van der Waals surface area contributed by atoms with Gasteiger partial charge in [-0.25, -0.2) is 9.88 Å². The number of para-hydroxylation sites is 2. The molecule has 2 saturated heterocycles. The van der Waals surface area contributed by atoms with Crippen molar-refractivity contribution in [3.63, 3.8) is 0 Å². The molecule has 3 aliphatic heterocycles. The first-order valence-electron chi connectivity index (χ1n) is 13.2. The third kappa shape index (κ3) is 2.91. The lowest BCUT2D eigenvalue weighted by Crippen LogP contribution is -2.51. The highest BCUT2D eigenvalue weighted by Crippen LogP contribution is 2.56. The van der Waals surface area contributed by atoms with Gasteiger partial charge < -0.3 is 0 Å². The molecule has 2 fully saturated rings. The molecule has 4 heterocycles. The van der Waals surface area contributed by atoms with Gasteiger partial charge in [0.2, 0.25) is 11.8 Å². The van der Waals surface area contributed by atoms with Gasteiger partial charge in [0.25, 0.3) is 11.2 Å². The summed E-state index contributed by atoms with van der Waals surface area (Å²) in [5, 5.41) is 15.5. The predicted molar refractivity (Wildman–Crippen MR) is 147 cm³/mol. The number of nitro benzene ring substituents is 1. The Morgan fingerprint density at radius 3 is 2.42 bits per heavy atom. The average molecular weight is 536 g/mol. The zero-order valence-electron chi connectivity index (χ0n) is 22.0. The molecule has 200 valence electrons. The molecule has 0 unspecified atom stereocenters. The zero-order chi connectivity index (χ0) is 28.1. The Balaban J connectivity index is 1.50. The minimum Gasteiger partial charge on any atom is -0.296 e. The number of carbonyl (C=O) groups excluding carboxylic acids is 2. The highest BCUT2D eigenvalue weighted by Gasteiger charge is 2.70. The number of carbonyl (C=O) groups is 2. The van der Waals surface area contributed by atoms with E-state index in [-0.39, 0.29) is 23.1 Å². The molecule has 1 N–H and O–H groups in total. The monoisotopic (exact) mass is 535 g/mol. The van der Waals surface area contributed by atoms with Crippen LogP contribution in [0.1, 0.15) is 30.8 Å². The van der Waals surface area contributed by atoms with Crippen molar-refractivity contribution in [1.29, 1.82) is 0 Å². The molecule has 4 aromatic rings. The van der Waals surface area contributed by atoms with Gasteiger partial charge >= 0.3 is 0 Å². The Morgan fingerprint density at radius 1 is 0.975 bits per heavy atom. The zero-order valence-corrected chi connectivity index (χ0v) is 22.0. The van der Waals surface area contributed by atoms with Crippen molar-refractivity contribution in [1.82, 2.24) is 14.9 Å². The smallest absolute Gasteiger partial charge is 0.269 e. The van der Waals surface area contributed by atoms with Gasteiger partial charge in [-0.3, -0.25) is 34.4 Å². The maximum atomic E-state index is 14.5. The lowest BCUT2D eigenvalue weighted by Gasteiger charge is -2.32. The molecule has 2 amide bonds. The van der Waals surface area contributed by atoms with Crippen LogP contribution in [0.15, 0.2) is 71.5 Å². The van der Waals surface area contributed by atoms with Gasteiger partial charge in [0.15, 0.2) is 0 Å². The summed E-state index contributed by atoms with van der Waals surface area (Å²) in [6, 6.07) is 18.3. The fraction of sp³-hybridized carbons (Fsp3) is 0.267. The SMILES string of the molecule is Cc1cc([N+](=O)[O-])ccc1N1C(=O)[C@H]2[C@H](C(C)C)N[C@]3(c4ccccc4-n4c3nc3ccccc3c4=O)[C@H]2C1=O. The Morgan fingerprint density at radius 2 is 1.70 bits per heavy atom. The number of hydrogen-bond acceptors (Lipinski definition) is 7. The Bertz CT molecular complexity index is 1860. The molecule has 0 aliphatic carbocycles. The third-order valence-electron chi connectivity index (χ3n) is 8.65. The molecular weight excluding hydrogens is 510 g/mol. The van der Waals surface area contributed by atoms with E-state index >= 15 is 0 Å². The second kappa shape index (κ2) is 8.15. The van der Waals surface area contributed by atoms with Gasteiger partial charge in [0.1, 0.15) is 11.4 Å². The molecule has 4 atom stereocenters. The average Bonchev–Trinajstić information content (AvgIpc) is 3.53. The maximum Gasteiger partial charge on any atom is 0.269 e. The fourth-order valence-corrected chi connectivity index (χ4v) is 6.97. The van der Waals surface area contributed by atoms with Crippen LogP contribution in [0, 0.1) is 34.8 Å².